The van der Waals surface area contributed by atoms with E-state index in [1.165, 1.54) is 0 Å². The summed E-state index contributed by atoms with van der Waals surface area (Å²) < 4.78 is 22.9. The molecular weight excluding hydrogens is 183 g/mol. The van der Waals surface area contributed by atoms with Crippen LogP contribution in [0, 0.1) is 0 Å². The highest BCUT2D eigenvalue weighted by Gasteiger charge is 2.14. The summed E-state index contributed by atoms with van der Waals surface area (Å²) in [6.45, 7) is 1.42. The highest BCUT2D eigenvalue weighted by Crippen LogP contribution is 2.35. The minimum Gasteiger partial charge on any atom is -0.493 e. The number of halogens is 1. The van der Waals surface area contributed by atoms with Crippen molar-refractivity contribution in [2.24, 2.45) is 0 Å². The summed E-state index contributed by atoms with van der Waals surface area (Å²) in [5.41, 5.74) is 0.842. The van der Waals surface area contributed by atoms with E-state index in [0.29, 0.717) is 11.5 Å². The summed E-state index contributed by atoms with van der Waals surface area (Å²) in [6, 6.07) is 5.49. The van der Waals surface area contributed by atoms with Crippen LogP contribution in [0.15, 0.2) is 18.2 Å². The minimum atomic E-state index is -0.399. The zero-order valence-corrected chi connectivity index (χ0v) is 8.71. The van der Waals surface area contributed by atoms with E-state index in [-0.39, 0.29) is 5.92 Å². The highest BCUT2D eigenvalue weighted by atomic mass is 19.1. The number of methoxy groups -OCH3 is 2. The molecule has 14 heavy (non-hydrogen) atoms. The van der Waals surface area contributed by atoms with Crippen LogP contribution in [0.3, 0.4) is 0 Å². The van der Waals surface area contributed by atoms with Crippen LogP contribution in [0.2, 0.25) is 0 Å². The normalized spacial score (nSPS) is 12.3. The maximum atomic E-state index is 12.5. The molecule has 0 bridgehead atoms. The van der Waals surface area contributed by atoms with Gasteiger partial charge in [0.05, 0.1) is 20.9 Å². The van der Waals surface area contributed by atoms with E-state index < -0.39 is 6.67 Å². The Hall–Kier alpha value is -1.25. The molecule has 1 aromatic carbocycles. The van der Waals surface area contributed by atoms with Gasteiger partial charge in [-0.2, -0.15) is 0 Å². The molecular formula is C11H15FO2. The predicted octanol–water partition coefficient (Wildman–Crippen LogP) is 2.78. The van der Waals surface area contributed by atoms with Gasteiger partial charge in [0.1, 0.15) is 0 Å². The fourth-order valence-corrected chi connectivity index (χ4v) is 1.38. The second-order valence-corrected chi connectivity index (χ2v) is 3.14. The van der Waals surface area contributed by atoms with Crippen LogP contribution >= 0.6 is 0 Å². The summed E-state index contributed by atoms with van der Waals surface area (Å²) in [5, 5.41) is 0. The first-order valence-electron chi connectivity index (χ1n) is 4.51. The van der Waals surface area contributed by atoms with E-state index >= 15 is 0 Å². The maximum Gasteiger partial charge on any atom is 0.164 e. The van der Waals surface area contributed by atoms with E-state index in [1.54, 1.807) is 20.3 Å². The summed E-state index contributed by atoms with van der Waals surface area (Å²) in [5.74, 6) is 1.10. The van der Waals surface area contributed by atoms with Crippen molar-refractivity contribution in [1.29, 1.82) is 0 Å². The second kappa shape index (κ2) is 4.84. The lowest BCUT2D eigenvalue weighted by molar-refractivity contribution is 0.345. The van der Waals surface area contributed by atoms with Gasteiger partial charge in [-0.1, -0.05) is 19.1 Å². The van der Waals surface area contributed by atoms with Crippen molar-refractivity contribution in [3.63, 3.8) is 0 Å². The van der Waals surface area contributed by atoms with Gasteiger partial charge in [-0.05, 0) is 6.07 Å². The molecule has 0 aliphatic heterocycles. The van der Waals surface area contributed by atoms with Gasteiger partial charge in [-0.3, -0.25) is 4.39 Å². The largest absolute Gasteiger partial charge is 0.493 e. The number of alkyl halides is 1. The molecule has 0 heterocycles. The van der Waals surface area contributed by atoms with Gasteiger partial charge in [-0.25, -0.2) is 0 Å². The third kappa shape index (κ3) is 1.97. The average molecular weight is 198 g/mol. The first-order valence-corrected chi connectivity index (χ1v) is 4.51. The molecule has 0 aliphatic rings. The Labute approximate surface area is 83.6 Å². The Morgan fingerprint density at radius 2 is 2.00 bits per heavy atom. The van der Waals surface area contributed by atoms with E-state index in [9.17, 15) is 4.39 Å². The Morgan fingerprint density at radius 1 is 1.29 bits per heavy atom. The number of hydrogen-bond acceptors (Lipinski definition) is 2. The fourth-order valence-electron chi connectivity index (χ4n) is 1.38. The average Bonchev–Trinajstić information content (AvgIpc) is 2.26. The van der Waals surface area contributed by atoms with Crippen molar-refractivity contribution in [1.82, 2.24) is 0 Å². The van der Waals surface area contributed by atoms with Crippen LogP contribution in [-0.2, 0) is 0 Å². The minimum absolute atomic E-state index is 0.167. The molecule has 3 heteroatoms. The molecule has 78 valence electrons. The van der Waals surface area contributed by atoms with Crippen molar-refractivity contribution < 1.29 is 13.9 Å². The summed E-state index contributed by atoms with van der Waals surface area (Å²) in [6.07, 6.45) is 0. The van der Waals surface area contributed by atoms with Crippen molar-refractivity contribution in [2.45, 2.75) is 12.8 Å². The lowest BCUT2D eigenvalue weighted by atomic mass is 10.0. The van der Waals surface area contributed by atoms with E-state index in [2.05, 4.69) is 0 Å². The molecule has 0 aliphatic carbocycles. The standard InChI is InChI=1S/C11H15FO2/c1-8(7-12)9-5-4-6-10(13-2)11(9)14-3/h4-6,8H,7H2,1-3H3. The summed E-state index contributed by atoms with van der Waals surface area (Å²) in [4.78, 5) is 0. The van der Waals surface area contributed by atoms with Gasteiger partial charge >= 0.3 is 0 Å². The zero-order valence-electron chi connectivity index (χ0n) is 8.71. The van der Waals surface area contributed by atoms with Crippen LogP contribution in [0.5, 0.6) is 11.5 Å². The molecule has 0 spiro atoms. The molecule has 0 fully saturated rings. The molecule has 0 radical (unpaired) electrons. The lowest BCUT2D eigenvalue weighted by Crippen LogP contribution is -2.01. The lowest BCUT2D eigenvalue weighted by Gasteiger charge is -2.15. The number of hydrogen-bond donors (Lipinski definition) is 0. The van der Waals surface area contributed by atoms with Crippen LogP contribution in [0.25, 0.3) is 0 Å². The maximum absolute atomic E-state index is 12.5. The molecule has 0 amide bonds. The Bertz CT molecular complexity index is 299. The van der Waals surface area contributed by atoms with Crippen LogP contribution < -0.4 is 9.47 Å². The monoisotopic (exact) mass is 198 g/mol. The van der Waals surface area contributed by atoms with Crippen molar-refractivity contribution >= 4 is 0 Å². The zero-order chi connectivity index (χ0) is 10.6. The van der Waals surface area contributed by atoms with E-state index in [4.69, 9.17) is 9.47 Å². The number of benzene rings is 1. The highest BCUT2D eigenvalue weighted by molar-refractivity contribution is 5.48. The number of ether oxygens (including phenoxy) is 2. The van der Waals surface area contributed by atoms with Gasteiger partial charge in [0, 0.05) is 11.5 Å². The molecule has 0 N–H and O–H groups in total. The van der Waals surface area contributed by atoms with Crippen molar-refractivity contribution in [3.8, 4) is 11.5 Å². The molecule has 0 saturated carbocycles. The Balaban J connectivity index is 3.14. The van der Waals surface area contributed by atoms with Gasteiger partial charge in [0.2, 0.25) is 0 Å². The summed E-state index contributed by atoms with van der Waals surface area (Å²) >= 11 is 0. The van der Waals surface area contributed by atoms with Gasteiger partial charge in [0.25, 0.3) is 0 Å². The molecule has 0 saturated heterocycles. The smallest absolute Gasteiger partial charge is 0.164 e. The summed E-state index contributed by atoms with van der Waals surface area (Å²) in [7, 11) is 3.13. The molecule has 1 unspecified atom stereocenters. The number of para-hydroxylation sites is 1. The van der Waals surface area contributed by atoms with Crippen LogP contribution in [-0.4, -0.2) is 20.9 Å². The SMILES string of the molecule is COc1cccc(C(C)CF)c1OC. The van der Waals surface area contributed by atoms with Crippen LogP contribution in [0.4, 0.5) is 4.39 Å². The van der Waals surface area contributed by atoms with Gasteiger partial charge in [0.15, 0.2) is 11.5 Å². The van der Waals surface area contributed by atoms with Crippen LogP contribution in [0.1, 0.15) is 18.4 Å². The Morgan fingerprint density at radius 3 is 2.50 bits per heavy atom. The molecule has 2 nitrogen and oxygen atoms in total. The number of rotatable bonds is 4. The predicted molar refractivity (Wildman–Crippen MR) is 53.9 cm³/mol. The van der Waals surface area contributed by atoms with E-state index in [0.717, 1.165) is 5.56 Å². The molecule has 1 aromatic rings. The molecule has 1 rings (SSSR count). The third-order valence-electron chi connectivity index (χ3n) is 2.20. The van der Waals surface area contributed by atoms with Gasteiger partial charge < -0.3 is 9.47 Å². The van der Waals surface area contributed by atoms with Crippen molar-refractivity contribution in [3.05, 3.63) is 23.8 Å². The second-order valence-electron chi connectivity index (χ2n) is 3.14. The fraction of sp³-hybridized carbons (Fsp3) is 0.455. The first kappa shape index (κ1) is 10.8. The topological polar surface area (TPSA) is 18.5 Å². The van der Waals surface area contributed by atoms with Gasteiger partial charge in [-0.15, -0.1) is 0 Å². The Kier molecular flexibility index (Phi) is 3.74. The third-order valence-corrected chi connectivity index (χ3v) is 2.20. The molecule has 0 aromatic heterocycles. The van der Waals surface area contributed by atoms with E-state index in [1.807, 2.05) is 19.1 Å². The quantitative estimate of drug-likeness (QED) is 0.740. The molecule has 1 atom stereocenters. The van der Waals surface area contributed by atoms with Crippen molar-refractivity contribution in [2.75, 3.05) is 20.9 Å². The first-order chi connectivity index (χ1) is 6.74.